The fraction of sp³-hybridized carbons (Fsp3) is 0.429. The van der Waals surface area contributed by atoms with Crippen LogP contribution in [0.3, 0.4) is 0 Å². The van der Waals surface area contributed by atoms with Crippen LogP contribution in [0.4, 0.5) is 5.69 Å². The van der Waals surface area contributed by atoms with Gasteiger partial charge in [0, 0.05) is 25.2 Å². The molecule has 0 saturated carbocycles. The fourth-order valence-electron chi connectivity index (χ4n) is 2.12. The predicted octanol–water partition coefficient (Wildman–Crippen LogP) is 3.26. The van der Waals surface area contributed by atoms with E-state index in [0.29, 0.717) is 10.8 Å². The second-order valence-electron chi connectivity index (χ2n) is 5.23. The number of hydrogen-bond donors (Lipinski definition) is 1. The molecule has 0 aliphatic rings. The molecule has 0 fully saturated rings. The zero-order chi connectivity index (χ0) is 14.2. The summed E-state index contributed by atoms with van der Waals surface area (Å²) in [4.78, 5) is 18.9. The van der Waals surface area contributed by atoms with Crippen molar-refractivity contribution in [3.63, 3.8) is 0 Å². The van der Waals surface area contributed by atoms with Crippen LogP contribution in [0.1, 0.15) is 29.2 Å². The first-order chi connectivity index (χ1) is 8.90. The number of hydrogen-bond acceptors (Lipinski definition) is 4. The number of carboxylic acid groups (broad SMARTS) is 1. The number of carbonyl (C=O) groups is 1. The second kappa shape index (κ2) is 5.17. The van der Waals surface area contributed by atoms with Crippen LogP contribution in [0.5, 0.6) is 0 Å². The summed E-state index contributed by atoms with van der Waals surface area (Å²) in [6.07, 6.45) is 0.910. The average Bonchev–Trinajstić information content (AvgIpc) is 2.66. The number of thiophene rings is 1. The molecule has 19 heavy (non-hydrogen) atoms. The highest BCUT2D eigenvalue weighted by atomic mass is 32.1. The summed E-state index contributed by atoms with van der Waals surface area (Å²) < 4.78 is 0. The number of aromatic carboxylic acids is 1. The van der Waals surface area contributed by atoms with Crippen LogP contribution in [0.2, 0.25) is 0 Å². The van der Waals surface area contributed by atoms with Crippen molar-refractivity contribution in [1.29, 1.82) is 0 Å². The normalized spacial score (nSPS) is 11.2. The molecule has 0 bridgehead atoms. The van der Waals surface area contributed by atoms with Gasteiger partial charge in [-0.2, -0.15) is 0 Å². The van der Waals surface area contributed by atoms with Crippen molar-refractivity contribution in [3.8, 4) is 0 Å². The maximum absolute atomic E-state index is 11.3. The van der Waals surface area contributed by atoms with E-state index in [4.69, 9.17) is 0 Å². The molecule has 0 spiro atoms. The zero-order valence-corrected chi connectivity index (χ0v) is 12.4. The van der Waals surface area contributed by atoms with E-state index in [1.807, 2.05) is 31.1 Å². The topological polar surface area (TPSA) is 53.4 Å². The maximum Gasteiger partial charge on any atom is 0.348 e. The molecule has 0 amide bonds. The Labute approximate surface area is 116 Å². The van der Waals surface area contributed by atoms with Crippen molar-refractivity contribution in [2.24, 2.45) is 5.92 Å². The first-order valence-corrected chi connectivity index (χ1v) is 7.04. The summed E-state index contributed by atoms with van der Waals surface area (Å²) in [6.45, 7) is 4.29. The molecule has 2 heterocycles. The van der Waals surface area contributed by atoms with Crippen molar-refractivity contribution in [1.82, 2.24) is 4.98 Å². The minimum absolute atomic E-state index is 0.356. The third-order valence-corrected chi connectivity index (χ3v) is 3.92. The third-order valence-electron chi connectivity index (χ3n) is 2.85. The Hall–Kier alpha value is -1.62. The lowest BCUT2D eigenvalue weighted by Crippen LogP contribution is -2.11. The second-order valence-corrected chi connectivity index (χ2v) is 6.23. The van der Waals surface area contributed by atoms with Crippen LogP contribution in [0, 0.1) is 5.92 Å². The van der Waals surface area contributed by atoms with Gasteiger partial charge in [0.25, 0.3) is 0 Å². The number of nitrogens with zero attached hydrogens (tertiary/aromatic N) is 2. The van der Waals surface area contributed by atoms with Gasteiger partial charge in [-0.15, -0.1) is 11.3 Å². The SMILES string of the molecule is CC(C)Cc1ccc2c(N(C)C)c(C(=O)O)sc2n1. The Morgan fingerprint density at radius 1 is 1.42 bits per heavy atom. The molecule has 0 saturated heterocycles. The lowest BCUT2D eigenvalue weighted by atomic mass is 10.1. The van der Waals surface area contributed by atoms with E-state index in [9.17, 15) is 9.90 Å². The van der Waals surface area contributed by atoms with Crippen LogP contribution in [0.25, 0.3) is 10.2 Å². The molecule has 1 N–H and O–H groups in total. The number of pyridine rings is 1. The molecule has 5 heteroatoms. The van der Waals surface area contributed by atoms with Gasteiger partial charge in [-0.3, -0.25) is 0 Å². The molecule has 2 rings (SSSR count). The van der Waals surface area contributed by atoms with E-state index in [2.05, 4.69) is 18.8 Å². The third kappa shape index (κ3) is 2.71. The smallest absolute Gasteiger partial charge is 0.348 e. The van der Waals surface area contributed by atoms with E-state index in [1.54, 1.807) is 0 Å². The molecule has 2 aromatic heterocycles. The van der Waals surface area contributed by atoms with E-state index in [0.717, 1.165) is 28.0 Å². The first-order valence-electron chi connectivity index (χ1n) is 6.23. The Morgan fingerprint density at radius 2 is 2.11 bits per heavy atom. The van der Waals surface area contributed by atoms with Gasteiger partial charge in [0.1, 0.15) is 9.71 Å². The van der Waals surface area contributed by atoms with Crippen molar-refractivity contribution >= 4 is 33.2 Å². The molecule has 2 aromatic rings. The minimum atomic E-state index is -0.892. The van der Waals surface area contributed by atoms with Gasteiger partial charge in [-0.05, 0) is 24.5 Å². The first kappa shape index (κ1) is 13.8. The van der Waals surface area contributed by atoms with Gasteiger partial charge in [0.15, 0.2) is 0 Å². The van der Waals surface area contributed by atoms with Crippen LogP contribution >= 0.6 is 11.3 Å². The van der Waals surface area contributed by atoms with Crippen LogP contribution in [-0.2, 0) is 6.42 Å². The number of aromatic nitrogens is 1. The molecular formula is C14H18N2O2S. The largest absolute Gasteiger partial charge is 0.477 e. The van der Waals surface area contributed by atoms with Crippen molar-refractivity contribution in [2.45, 2.75) is 20.3 Å². The maximum atomic E-state index is 11.3. The molecule has 0 aliphatic heterocycles. The Morgan fingerprint density at radius 3 is 2.63 bits per heavy atom. The van der Waals surface area contributed by atoms with E-state index in [1.165, 1.54) is 11.3 Å². The Balaban J connectivity index is 2.59. The lowest BCUT2D eigenvalue weighted by molar-refractivity contribution is 0.0703. The Kier molecular flexibility index (Phi) is 3.75. The van der Waals surface area contributed by atoms with Crippen molar-refractivity contribution < 1.29 is 9.90 Å². The zero-order valence-electron chi connectivity index (χ0n) is 11.6. The van der Waals surface area contributed by atoms with E-state index in [-0.39, 0.29) is 0 Å². The molecule has 102 valence electrons. The monoisotopic (exact) mass is 278 g/mol. The highest BCUT2D eigenvalue weighted by Gasteiger charge is 2.20. The van der Waals surface area contributed by atoms with Crippen LogP contribution in [-0.4, -0.2) is 30.2 Å². The van der Waals surface area contributed by atoms with Gasteiger partial charge in [-0.25, -0.2) is 9.78 Å². The predicted molar refractivity (Wildman–Crippen MR) is 79.4 cm³/mol. The molecule has 0 radical (unpaired) electrons. The quantitative estimate of drug-likeness (QED) is 0.932. The highest BCUT2D eigenvalue weighted by Crippen LogP contribution is 2.36. The standard InChI is InChI=1S/C14H18N2O2S/c1-8(2)7-9-5-6-10-11(16(3)4)12(14(17)18)19-13(10)15-9/h5-6,8H,7H2,1-4H3,(H,17,18). The molecule has 4 nitrogen and oxygen atoms in total. The van der Waals surface area contributed by atoms with Crippen molar-refractivity contribution in [2.75, 3.05) is 19.0 Å². The molecular weight excluding hydrogens is 260 g/mol. The summed E-state index contributed by atoms with van der Waals surface area (Å²) in [6, 6.07) is 3.98. The number of anilines is 1. The van der Waals surface area contributed by atoms with E-state index >= 15 is 0 Å². The molecule has 0 aromatic carbocycles. The average molecular weight is 278 g/mol. The summed E-state index contributed by atoms with van der Waals surface area (Å²) in [5, 5.41) is 10.2. The number of carboxylic acids is 1. The van der Waals surface area contributed by atoms with Gasteiger partial charge in [0.2, 0.25) is 0 Å². The lowest BCUT2D eigenvalue weighted by Gasteiger charge is -2.12. The molecule has 0 atom stereocenters. The molecule has 0 aliphatic carbocycles. The summed E-state index contributed by atoms with van der Waals surface area (Å²) in [5.74, 6) is -0.353. The van der Waals surface area contributed by atoms with E-state index < -0.39 is 5.97 Å². The van der Waals surface area contributed by atoms with Gasteiger partial charge in [-0.1, -0.05) is 13.8 Å². The van der Waals surface area contributed by atoms with Gasteiger partial charge in [0.05, 0.1) is 5.69 Å². The molecule has 0 unspecified atom stereocenters. The number of fused-ring (bicyclic) bond motifs is 1. The summed E-state index contributed by atoms with van der Waals surface area (Å²) in [5.41, 5.74) is 1.77. The minimum Gasteiger partial charge on any atom is -0.477 e. The summed E-state index contributed by atoms with van der Waals surface area (Å²) in [7, 11) is 3.71. The highest BCUT2D eigenvalue weighted by molar-refractivity contribution is 7.21. The van der Waals surface area contributed by atoms with Crippen LogP contribution < -0.4 is 4.90 Å². The fourth-order valence-corrected chi connectivity index (χ4v) is 3.23. The Bertz CT molecular complexity index is 617. The van der Waals surface area contributed by atoms with Gasteiger partial charge >= 0.3 is 5.97 Å². The van der Waals surface area contributed by atoms with Gasteiger partial charge < -0.3 is 10.0 Å². The summed E-state index contributed by atoms with van der Waals surface area (Å²) >= 11 is 1.25. The number of rotatable bonds is 4. The van der Waals surface area contributed by atoms with Crippen LogP contribution in [0.15, 0.2) is 12.1 Å². The van der Waals surface area contributed by atoms with Crippen molar-refractivity contribution in [3.05, 3.63) is 22.7 Å².